The van der Waals surface area contributed by atoms with Gasteiger partial charge in [-0.3, -0.25) is 4.68 Å². The monoisotopic (exact) mass is 387 g/mol. The van der Waals surface area contributed by atoms with Gasteiger partial charge in [-0.05, 0) is 50.1 Å². The van der Waals surface area contributed by atoms with Gasteiger partial charge >= 0.3 is 0 Å². The molecule has 1 fully saturated rings. The second-order valence-corrected chi connectivity index (χ2v) is 7.81. The van der Waals surface area contributed by atoms with Crippen molar-refractivity contribution in [2.24, 2.45) is 7.05 Å². The van der Waals surface area contributed by atoms with Crippen molar-refractivity contribution in [3.8, 4) is 11.4 Å². The third-order valence-electron chi connectivity index (χ3n) is 5.74. The largest absolute Gasteiger partial charge is 0.397 e. The zero-order valence-electron chi connectivity index (χ0n) is 16.8. The molecule has 148 valence electrons. The molecule has 2 N–H and O–H groups in total. The third-order valence-corrected chi connectivity index (χ3v) is 5.74. The Morgan fingerprint density at radius 3 is 2.76 bits per heavy atom. The number of nitrogens with two attached hydrogens (primary N) is 1. The molecule has 4 heterocycles. The highest BCUT2D eigenvalue weighted by atomic mass is 15.3. The molecule has 0 spiro atoms. The first-order valence-corrected chi connectivity index (χ1v) is 10.1. The lowest BCUT2D eigenvalue weighted by molar-refractivity contribution is 0.716. The third kappa shape index (κ3) is 3.12. The van der Waals surface area contributed by atoms with Crippen LogP contribution >= 0.6 is 0 Å². The van der Waals surface area contributed by atoms with Gasteiger partial charge in [0.2, 0.25) is 0 Å². The molecule has 0 radical (unpaired) electrons. The molecule has 7 heteroatoms. The van der Waals surface area contributed by atoms with E-state index in [9.17, 15) is 0 Å². The van der Waals surface area contributed by atoms with E-state index in [1.165, 1.54) is 12.8 Å². The average Bonchev–Trinajstić information content (AvgIpc) is 3.42. The van der Waals surface area contributed by atoms with Crippen LogP contribution < -0.4 is 10.6 Å². The van der Waals surface area contributed by atoms with Crippen LogP contribution in [0.15, 0.2) is 48.8 Å². The second kappa shape index (κ2) is 6.92. The Morgan fingerprint density at radius 1 is 1.17 bits per heavy atom. The van der Waals surface area contributed by atoms with Crippen LogP contribution in [0.25, 0.3) is 22.4 Å². The number of fused-ring (bicyclic) bond motifs is 1. The van der Waals surface area contributed by atoms with Gasteiger partial charge in [-0.2, -0.15) is 5.10 Å². The predicted molar refractivity (Wildman–Crippen MR) is 116 cm³/mol. The molecule has 29 heavy (non-hydrogen) atoms. The van der Waals surface area contributed by atoms with Crippen LogP contribution in [0.5, 0.6) is 0 Å². The van der Waals surface area contributed by atoms with Gasteiger partial charge in [0.25, 0.3) is 0 Å². The molecule has 1 unspecified atom stereocenters. The van der Waals surface area contributed by atoms with Gasteiger partial charge in [0, 0.05) is 37.6 Å². The highest BCUT2D eigenvalue weighted by molar-refractivity contribution is 5.90. The lowest BCUT2D eigenvalue weighted by atomic mass is 10.2. The molecular formula is C22H25N7. The van der Waals surface area contributed by atoms with E-state index in [1.807, 2.05) is 48.4 Å². The Labute approximate surface area is 169 Å². The fraction of sp³-hybridized carbons (Fsp3) is 0.318. The van der Waals surface area contributed by atoms with E-state index in [0.29, 0.717) is 18.3 Å². The van der Waals surface area contributed by atoms with Gasteiger partial charge in [0.15, 0.2) is 0 Å². The summed E-state index contributed by atoms with van der Waals surface area (Å²) >= 11 is 0. The molecule has 1 aliphatic rings. The number of imidazole rings is 1. The predicted octanol–water partition coefficient (Wildman–Crippen LogP) is 3.45. The Bertz CT molecular complexity index is 1160. The van der Waals surface area contributed by atoms with Crippen molar-refractivity contribution >= 4 is 22.5 Å². The topological polar surface area (TPSA) is 77.8 Å². The quantitative estimate of drug-likeness (QED) is 0.543. The summed E-state index contributed by atoms with van der Waals surface area (Å²) in [7, 11) is 1.92. The lowest BCUT2D eigenvalue weighted by Crippen LogP contribution is -2.26. The first kappa shape index (κ1) is 17.7. The number of anilines is 2. The SMILES string of the molecule is CC1CCCN1c1ccc(-c2nc3cccc(N)c3n2Cc2ccn(C)n2)cn1. The molecule has 4 aromatic rings. The molecule has 0 aliphatic carbocycles. The normalized spacial score (nSPS) is 16.8. The molecule has 1 aliphatic heterocycles. The summed E-state index contributed by atoms with van der Waals surface area (Å²) in [6, 6.07) is 12.6. The van der Waals surface area contributed by atoms with Crippen LogP contribution in [0.4, 0.5) is 11.5 Å². The summed E-state index contributed by atoms with van der Waals surface area (Å²) in [5.74, 6) is 1.89. The number of nitrogens with zero attached hydrogens (tertiary/aromatic N) is 6. The summed E-state index contributed by atoms with van der Waals surface area (Å²) in [6.07, 6.45) is 6.32. The minimum atomic E-state index is 0.543. The van der Waals surface area contributed by atoms with Crippen molar-refractivity contribution in [2.45, 2.75) is 32.4 Å². The van der Waals surface area contributed by atoms with E-state index >= 15 is 0 Å². The number of hydrogen-bond acceptors (Lipinski definition) is 5. The maximum absolute atomic E-state index is 6.32. The van der Waals surface area contributed by atoms with Crippen LogP contribution in [0, 0.1) is 0 Å². The van der Waals surface area contributed by atoms with Crippen molar-refractivity contribution in [3.63, 3.8) is 0 Å². The first-order valence-electron chi connectivity index (χ1n) is 10.1. The van der Waals surface area contributed by atoms with Gasteiger partial charge in [0.05, 0.1) is 29.0 Å². The molecule has 1 atom stereocenters. The number of para-hydroxylation sites is 1. The Hall–Kier alpha value is -3.35. The van der Waals surface area contributed by atoms with Gasteiger partial charge < -0.3 is 15.2 Å². The maximum Gasteiger partial charge on any atom is 0.143 e. The molecule has 0 amide bonds. The zero-order chi connectivity index (χ0) is 20.0. The highest BCUT2D eigenvalue weighted by Crippen LogP contribution is 2.30. The van der Waals surface area contributed by atoms with Crippen LogP contribution in [-0.4, -0.2) is 36.9 Å². The molecular weight excluding hydrogens is 362 g/mol. The number of benzene rings is 1. The van der Waals surface area contributed by atoms with Crippen LogP contribution in [0.2, 0.25) is 0 Å². The molecule has 0 saturated carbocycles. The Morgan fingerprint density at radius 2 is 2.07 bits per heavy atom. The summed E-state index contributed by atoms with van der Waals surface area (Å²) in [4.78, 5) is 12.0. The first-order chi connectivity index (χ1) is 14.1. The van der Waals surface area contributed by atoms with Gasteiger partial charge in [-0.1, -0.05) is 6.07 Å². The van der Waals surface area contributed by atoms with Crippen molar-refractivity contribution < 1.29 is 0 Å². The molecule has 1 saturated heterocycles. The number of nitrogen functional groups attached to an aromatic ring is 1. The number of rotatable bonds is 4. The number of hydrogen-bond donors (Lipinski definition) is 1. The van der Waals surface area contributed by atoms with E-state index in [0.717, 1.165) is 40.5 Å². The number of aryl methyl sites for hydroxylation is 1. The van der Waals surface area contributed by atoms with Gasteiger partial charge in [-0.15, -0.1) is 0 Å². The van der Waals surface area contributed by atoms with E-state index in [-0.39, 0.29) is 0 Å². The van der Waals surface area contributed by atoms with E-state index in [4.69, 9.17) is 15.7 Å². The summed E-state index contributed by atoms with van der Waals surface area (Å²) < 4.78 is 3.95. The smallest absolute Gasteiger partial charge is 0.143 e. The van der Waals surface area contributed by atoms with Crippen LogP contribution in [0.1, 0.15) is 25.5 Å². The minimum absolute atomic E-state index is 0.543. The van der Waals surface area contributed by atoms with Crippen molar-refractivity contribution in [3.05, 3.63) is 54.5 Å². The highest BCUT2D eigenvalue weighted by Gasteiger charge is 2.22. The van der Waals surface area contributed by atoms with Gasteiger partial charge in [-0.25, -0.2) is 9.97 Å². The summed E-state index contributed by atoms with van der Waals surface area (Å²) in [5.41, 5.74) is 10.8. The molecule has 0 bridgehead atoms. The fourth-order valence-corrected chi connectivity index (χ4v) is 4.26. The second-order valence-electron chi connectivity index (χ2n) is 7.81. The Balaban J connectivity index is 1.58. The number of aromatic nitrogens is 5. The maximum atomic E-state index is 6.32. The minimum Gasteiger partial charge on any atom is -0.397 e. The standard InChI is InChI=1S/C22H25N7/c1-15-5-4-11-28(15)20-9-8-16(13-24-20)22-25-19-7-3-6-18(23)21(19)29(22)14-17-10-12-27(2)26-17/h3,6-10,12-13,15H,4-5,11,14,23H2,1-2H3. The number of pyridine rings is 1. The van der Waals surface area contributed by atoms with Gasteiger partial charge in [0.1, 0.15) is 11.6 Å². The van der Waals surface area contributed by atoms with E-state index in [2.05, 4.69) is 33.6 Å². The molecule has 5 rings (SSSR count). The van der Waals surface area contributed by atoms with E-state index in [1.54, 1.807) is 0 Å². The molecule has 7 nitrogen and oxygen atoms in total. The zero-order valence-corrected chi connectivity index (χ0v) is 16.8. The fourth-order valence-electron chi connectivity index (χ4n) is 4.26. The molecule has 1 aromatic carbocycles. The Kier molecular flexibility index (Phi) is 4.23. The summed E-state index contributed by atoms with van der Waals surface area (Å²) in [6.45, 7) is 3.94. The lowest BCUT2D eigenvalue weighted by Gasteiger charge is -2.22. The summed E-state index contributed by atoms with van der Waals surface area (Å²) in [5, 5.41) is 4.54. The van der Waals surface area contributed by atoms with Crippen LogP contribution in [-0.2, 0) is 13.6 Å². The average molecular weight is 387 g/mol. The van der Waals surface area contributed by atoms with E-state index < -0.39 is 0 Å². The van der Waals surface area contributed by atoms with Crippen molar-refractivity contribution in [1.29, 1.82) is 0 Å². The van der Waals surface area contributed by atoms with Crippen LogP contribution in [0.3, 0.4) is 0 Å². The van der Waals surface area contributed by atoms with Crippen molar-refractivity contribution in [2.75, 3.05) is 17.2 Å². The van der Waals surface area contributed by atoms with Crippen molar-refractivity contribution in [1.82, 2.24) is 24.3 Å². The molecule has 3 aromatic heterocycles.